The highest BCUT2D eigenvalue weighted by Gasteiger charge is 2.46. The molecule has 156 valence electrons. The van der Waals surface area contributed by atoms with Gasteiger partial charge in [0.1, 0.15) is 0 Å². The van der Waals surface area contributed by atoms with Gasteiger partial charge in [0.15, 0.2) is 0 Å². The third-order valence-electron chi connectivity index (χ3n) is 7.33. The van der Waals surface area contributed by atoms with E-state index < -0.39 is 0 Å². The van der Waals surface area contributed by atoms with Gasteiger partial charge in [-0.05, 0) is 47.4 Å². The molecule has 0 unspecified atom stereocenters. The number of nitrogens with two attached hydrogens (primary N) is 1. The number of anilines is 1. The Hall–Kier alpha value is -2.63. The molecule has 0 radical (unpaired) electrons. The van der Waals surface area contributed by atoms with Crippen molar-refractivity contribution >= 4 is 17.0 Å². The Morgan fingerprint density at radius 2 is 2.00 bits per heavy atom. The largest absolute Gasteiger partial charge is 0.392 e. The van der Waals surface area contributed by atoms with Crippen LogP contribution in [0.1, 0.15) is 47.6 Å². The van der Waals surface area contributed by atoms with Gasteiger partial charge < -0.3 is 21.2 Å². The summed E-state index contributed by atoms with van der Waals surface area (Å²) in [6.07, 6.45) is 4.09. The van der Waals surface area contributed by atoms with Crippen molar-refractivity contribution in [1.29, 1.82) is 0 Å². The topological polar surface area (TPSA) is 73.9 Å². The van der Waals surface area contributed by atoms with Gasteiger partial charge in [-0.25, -0.2) is 0 Å². The molecule has 5 nitrogen and oxygen atoms in total. The summed E-state index contributed by atoms with van der Waals surface area (Å²) in [7, 11) is 0. The average molecular weight is 403 g/mol. The molecule has 2 heterocycles. The van der Waals surface area contributed by atoms with Crippen LogP contribution in [0.3, 0.4) is 0 Å². The number of piperidine rings is 1. The van der Waals surface area contributed by atoms with Crippen LogP contribution in [0.25, 0.3) is 5.57 Å². The number of rotatable bonds is 4. The summed E-state index contributed by atoms with van der Waals surface area (Å²) in [6.45, 7) is 7.12. The third-order valence-corrected chi connectivity index (χ3v) is 7.33. The second-order valence-corrected chi connectivity index (χ2v) is 8.87. The number of hydrogen-bond donors (Lipinski definition) is 3. The van der Waals surface area contributed by atoms with Crippen molar-refractivity contribution in [1.82, 2.24) is 5.43 Å². The first-order chi connectivity index (χ1) is 14.6. The molecule has 0 saturated carbocycles. The van der Waals surface area contributed by atoms with E-state index in [4.69, 9.17) is 5.73 Å². The molecule has 0 amide bonds. The zero-order chi connectivity index (χ0) is 20.7. The van der Waals surface area contributed by atoms with Gasteiger partial charge in [-0.3, -0.25) is 0 Å². The van der Waals surface area contributed by atoms with Crippen LogP contribution in [0.15, 0.2) is 54.1 Å². The molecular weight excluding hydrogens is 372 g/mol. The van der Waals surface area contributed by atoms with Crippen LogP contribution in [0, 0.1) is 5.41 Å². The molecular formula is C25H30N4O. The molecule has 2 aromatic rings. The Labute approximate surface area is 178 Å². The van der Waals surface area contributed by atoms with E-state index in [0.717, 1.165) is 73.4 Å². The number of aliphatic hydroxyl groups excluding tert-OH is 1. The van der Waals surface area contributed by atoms with E-state index in [2.05, 4.69) is 52.3 Å². The normalized spacial score (nSPS) is 22.0. The van der Waals surface area contributed by atoms with Crippen molar-refractivity contribution in [2.75, 3.05) is 24.5 Å². The zero-order valence-electron chi connectivity index (χ0n) is 17.4. The van der Waals surface area contributed by atoms with Crippen LogP contribution in [0.4, 0.5) is 5.69 Å². The lowest BCUT2D eigenvalue weighted by Crippen LogP contribution is -2.44. The van der Waals surface area contributed by atoms with Gasteiger partial charge in [0.2, 0.25) is 0 Å². The van der Waals surface area contributed by atoms with Crippen molar-refractivity contribution in [3.8, 4) is 0 Å². The van der Waals surface area contributed by atoms with Crippen LogP contribution < -0.4 is 16.1 Å². The summed E-state index contributed by atoms with van der Waals surface area (Å²) < 4.78 is 0. The number of hydrogen-bond acceptors (Lipinski definition) is 5. The summed E-state index contributed by atoms with van der Waals surface area (Å²) in [5.74, 6) is 0. The molecule has 0 bridgehead atoms. The molecule has 0 aromatic heterocycles. The second kappa shape index (κ2) is 7.56. The molecule has 4 N–H and O–H groups in total. The lowest BCUT2D eigenvalue weighted by Gasteiger charge is -2.43. The number of hydrazone groups is 1. The number of aliphatic hydroxyl groups is 1. The molecule has 5 heteroatoms. The third kappa shape index (κ3) is 3.04. The highest BCUT2D eigenvalue weighted by Crippen LogP contribution is 2.51. The molecule has 1 saturated heterocycles. The fourth-order valence-electron chi connectivity index (χ4n) is 5.57. The van der Waals surface area contributed by atoms with E-state index in [0.29, 0.717) is 0 Å². The molecule has 2 aliphatic heterocycles. The van der Waals surface area contributed by atoms with E-state index in [9.17, 15) is 5.11 Å². The maximum atomic E-state index is 10.0. The van der Waals surface area contributed by atoms with Crippen molar-refractivity contribution in [2.24, 2.45) is 16.3 Å². The Kier molecular flexibility index (Phi) is 4.88. The summed E-state index contributed by atoms with van der Waals surface area (Å²) in [6, 6.07) is 15.0. The van der Waals surface area contributed by atoms with Crippen molar-refractivity contribution < 1.29 is 5.11 Å². The first-order valence-corrected chi connectivity index (χ1v) is 10.9. The molecule has 30 heavy (non-hydrogen) atoms. The van der Waals surface area contributed by atoms with E-state index in [1.165, 1.54) is 11.1 Å². The molecule has 3 aliphatic rings. The van der Waals surface area contributed by atoms with Crippen molar-refractivity contribution in [3.63, 3.8) is 0 Å². The van der Waals surface area contributed by atoms with Gasteiger partial charge in [0.05, 0.1) is 12.3 Å². The Balaban J connectivity index is 1.41. The van der Waals surface area contributed by atoms with Gasteiger partial charge in [0, 0.05) is 48.9 Å². The van der Waals surface area contributed by atoms with Crippen molar-refractivity contribution in [3.05, 3.63) is 71.3 Å². The zero-order valence-corrected chi connectivity index (χ0v) is 17.4. The molecule has 1 aliphatic carbocycles. The minimum absolute atomic E-state index is 0.000856. The predicted octanol–water partition coefficient (Wildman–Crippen LogP) is 3.38. The molecule has 1 atom stereocenters. The number of nitrogens with one attached hydrogen (secondary N) is 1. The second-order valence-electron chi connectivity index (χ2n) is 8.87. The number of fused-ring (bicyclic) bond motifs is 1. The smallest absolute Gasteiger partial charge is 0.0694 e. The monoisotopic (exact) mass is 402 g/mol. The molecule has 1 fully saturated rings. The van der Waals surface area contributed by atoms with Gasteiger partial charge in [-0.2, -0.15) is 5.10 Å². The summed E-state index contributed by atoms with van der Waals surface area (Å²) in [5.41, 5.74) is 17.7. The number of nitrogens with zero attached hydrogens (tertiary/aromatic N) is 2. The highest BCUT2D eigenvalue weighted by molar-refractivity contribution is 6.25. The van der Waals surface area contributed by atoms with Gasteiger partial charge in [-0.15, -0.1) is 0 Å². The maximum Gasteiger partial charge on any atom is 0.0694 e. The average Bonchev–Trinajstić information content (AvgIpc) is 3.41. The maximum absolute atomic E-state index is 10.0. The lowest BCUT2D eigenvalue weighted by atomic mass is 9.73. The number of allylic oxidation sites excluding steroid dienone is 1. The Morgan fingerprint density at radius 3 is 2.70 bits per heavy atom. The molecule has 1 spiro atoms. The SMILES string of the molecule is C=C(C1=NNCC1)c1c(CO)cccc1N1CCC2(CC1)Cc1ccccc1[C@H]2N. The van der Waals surface area contributed by atoms with Gasteiger partial charge >= 0.3 is 0 Å². The van der Waals surface area contributed by atoms with Crippen LogP contribution in [0.2, 0.25) is 0 Å². The Morgan fingerprint density at radius 1 is 1.20 bits per heavy atom. The first kappa shape index (κ1) is 19.3. The highest BCUT2D eigenvalue weighted by atomic mass is 16.3. The van der Waals surface area contributed by atoms with Crippen LogP contribution in [-0.2, 0) is 13.0 Å². The number of benzene rings is 2. The van der Waals surface area contributed by atoms with E-state index >= 15 is 0 Å². The first-order valence-electron chi connectivity index (χ1n) is 10.9. The summed E-state index contributed by atoms with van der Waals surface area (Å²) in [4.78, 5) is 2.45. The van der Waals surface area contributed by atoms with Crippen LogP contribution >= 0.6 is 0 Å². The quantitative estimate of drug-likeness (QED) is 0.733. The van der Waals surface area contributed by atoms with Gasteiger partial charge in [0.25, 0.3) is 0 Å². The van der Waals surface area contributed by atoms with E-state index in [1.54, 1.807) is 0 Å². The summed E-state index contributed by atoms with van der Waals surface area (Å²) in [5, 5.41) is 14.4. The van der Waals surface area contributed by atoms with Crippen LogP contribution in [0.5, 0.6) is 0 Å². The molecule has 5 rings (SSSR count). The fraction of sp³-hybridized carbons (Fsp3) is 0.400. The van der Waals surface area contributed by atoms with Crippen molar-refractivity contribution in [2.45, 2.75) is 38.3 Å². The van der Waals surface area contributed by atoms with Gasteiger partial charge in [-0.1, -0.05) is 43.0 Å². The minimum atomic E-state index is 0.000856. The van der Waals surface area contributed by atoms with E-state index in [-0.39, 0.29) is 18.1 Å². The minimum Gasteiger partial charge on any atom is -0.392 e. The Bertz CT molecular complexity index is 1000. The summed E-state index contributed by atoms with van der Waals surface area (Å²) >= 11 is 0. The standard InChI is InChI=1S/C25H30N4O/c1-17(21-9-12-27-28-21)23-19(16-30)6-4-8-22(23)29-13-10-25(11-14-29)15-18-5-2-3-7-20(18)24(25)26/h2-8,24,27,30H,1,9-16,26H2/t24-/m1/s1. The molecule has 2 aromatic carbocycles. The lowest BCUT2D eigenvalue weighted by molar-refractivity contribution is 0.187. The predicted molar refractivity (Wildman–Crippen MR) is 122 cm³/mol. The van der Waals surface area contributed by atoms with E-state index in [1.807, 2.05) is 12.1 Å². The van der Waals surface area contributed by atoms with Crippen LogP contribution in [-0.4, -0.2) is 30.5 Å². The fourth-order valence-corrected chi connectivity index (χ4v) is 5.57.